The van der Waals surface area contributed by atoms with Gasteiger partial charge in [0.15, 0.2) is 0 Å². The smallest absolute Gasteiger partial charge is 0.121 e. The molecule has 0 saturated carbocycles. The summed E-state index contributed by atoms with van der Waals surface area (Å²) in [6, 6.07) is 8.03. The molecule has 0 bridgehead atoms. The van der Waals surface area contributed by atoms with E-state index in [1.807, 2.05) is 35.9 Å². The first-order valence-electron chi connectivity index (χ1n) is 6.97. The Bertz CT molecular complexity index is 565. The fourth-order valence-corrected chi connectivity index (χ4v) is 2.19. The zero-order valence-corrected chi connectivity index (χ0v) is 12.6. The average molecular weight is 274 g/mol. The van der Waals surface area contributed by atoms with Crippen molar-refractivity contribution in [2.24, 2.45) is 0 Å². The zero-order chi connectivity index (χ0) is 14.5. The van der Waals surface area contributed by atoms with Crippen LogP contribution >= 0.6 is 0 Å². The van der Waals surface area contributed by atoms with E-state index in [-0.39, 0.29) is 6.04 Å². The van der Waals surface area contributed by atoms with Gasteiger partial charge in [0.25, 0.3) is 0 Å². The molecule has 108 valence electrons. The van der Waals surface area contributed by atoms with E-state index in [0.29, 0.717) is 0 Å². The molecule has 1 unspecified atom stereocenters. The molecule has 5 heteroatoms. The van der Waals surface area contributed by atoms with Gasteiger partial charge in [0.05, 0.1) is 24.5 Å². The van der Waals surface area contributed by atoms with Crippen LogP contribution in [0.3, 0.4) is 0 Å². The maximum atomic E-state index is 5.25. The fraction of sp³-hybridized carbons (Fsp3) is 0.467. The van der Waals surface area contributed by atoms with Crippen molar-refractivity contribution in [2.45, 2.75) is 33.2 Å². The third kappa shape index (κ3) is 2.99. The van der Waals surface area contributed by atoms with Crippen LogP contribution in [0, 0.1) is 6.92 Å². The first-order chi connectivity index (χ1) is 9.67. The van der Waals surface area contributed by atoms with Crippen LogP contribution in [-0.2, 0) is 0 Å². The molecule has 0 spiro atoms. The minimum absolute atomic E-state index is 0.203. The molecule has 2 rings (SSSR count). The SMILES string of the molecule is CCCNC(C)c1nnn(-c2cccc(OC)c2)c1C. The number of hydrogen-bond donors (Lipinski definition) is 1. The maximum Gasteiger partial charge on any atom is 0.121 e. The lowest BCUT2D eigenvalue weighted by Crippen LogP contribution is -2.20. The second-order valence-electron chi connectivity index (χ2n) is 4.85. The molecule has 0 radical (unpaired) electrons. The van der Waals surface area contributed by atoms with Crippen molar-refractivity contribution in [1.82, 2.24) is 20.3 Å². The number of nitrogens with zero attached hydrogens (tertiary/aromatic N) is 3. The van der Waals surface area contributed by atoms with Gasteiger partial charge in [-0.25, -0.2) is 4.68 Å². The molecule has 0 aliphatic heterocycles. The first kappa shape index (κ1) is 14.5. The summed E-state index contributed by atoms with van der Waals surface area (Å²) in [6.45, 7) is 7.29. The number of methoxy groups -OCH3 is 1. The van der Waals surface area contributed by atoms with Crippen molar-refractivity contribution in [3.05, 3.63) is 35.7 Å². The maximum absolute atomic E-state index is 5.25. The molecule has 1 heterocycles. The molecule has 1 atom stereocenters. The summed E-state index contributed by atoms with van der Waals surface area (Å²) in [4.78, 5) is 0. The molecule has 0 aliphatic rings. The highest BCUT2D eigenvalue weighted by Crippen LogP contribution is 2.20. The molecule has 5 nitrogen and oxygen atoms in total. The van der Waals surface area contributed by atoms with Crippen molar-refractivity contribution in [3.63, 3.8) is 0 Å². The normalized spacial score (nSPS) is 12.4. The average Bonchev–Trinajstić information content (AvgIpc) is 2.86. The summed E-state index contributed by atoms with van der Waals surface area (Å²) < 4.78 is 7.10. The molecule has 1 aromatic carbocycles. The predicted octanol–water partition coefficient (Wildman–Crippen LogP) is 2.64. The van der Waals surface area contributed by atoms with Crippen LogP contribution < -0.4 is 10.1 Å². The van der Waals surface area contributed by atoms with E-state index in [9.17, 15) is 0 Å². The minimum atomic E-state index is 0.203. The van der Waals surface area contributed by atoms with Crippen LogP contribution in [0.15, 0.2) is 24.3 Å². The lowest BCUT2D eigenvalue weighted by atomic mass is 10.2. The second kappa shape index (κ2) is 6.52. The van der Waals surface area contributed by atoms with Crippen LogP contribution in [0.2, 0.25) is 0 Å². The monoisotopic (exact) mass is 274 g/mol. The molecular formula is C15H22N4O. The topological polar surface area (TPSA) is 52.0 Å². The number of hydrogen-bond acceptors (Lipinski definition) is 4. The van der Waals surface area contributed by atoms with Crippen molar-refractivity contribution >= 4 is 0 Å². The van der Waals surface area contributed by atoms with E-state index in [0.717, 1.165) is 35.8 Å². The molecule has 0 saturated heterocycles. The van der Waals surface area contributed by atoms with Gasteiger partial charge < -0.3 is 10.1 Å². The highest BCUT2D eigenvalue weighted by molar-refractivity contribution is 5.40. The van der Waals surface area contributed by atoms with Gasteiger partial charge in [0.1, 0.15) is 11.4 Å². The van der Waals surface area contributed by atoms with E-state index in [2.05, 4.69) is 29.5 Å². The number of benzene rings is 1. The van der Waals surface area contributed by atoms with Crippen molar-refractivity contribution in [1.29, 1.82) is 0 Å². The van der Waals surface area contributed by atoms with Gasteiger partial charge in [-0.05, 0) is 38.9 Å². The lowest BCUT2D eigenvalue weighted by molar-refractivity contribution is 0.414. The summed E-state index contributed by atoms with van der Waals surface area (Å²) in [7, 11) is 1.66. The van der Waals surface area contributed by atoms with E-state index >= 15 is 0 Å². The summed E-state index contributed by atoms with van der Waals surface area (Å²) in [5.41, 5.74) is 3.00. The second-order valence-corrected chi connectivity index (χ2v) is 4.85. The minimum Gasteiger partial charge on any atom is -0.497 e. The van der Waals surface area contributed by atoms with E-state index in [1.165, 1.54) is 0 Å². The fourth-order valence-electron chi connectivity index (χ4n) is 2.19. The zero-order valence-electron chi connectivity index (χ0n) is 12.6. The van der Waals surface area contributed by atoms with Crippen LogP contribution in [0.5, 0.6) is 5.75 Å². The standard InChI is InChI=1S/C15H22N4O/c1-5-9-16-11(2)15-12(3)19(18-17-15)13-7-6-8-14(10-13)20-4/h6-8,10-11,16H,5,9H2,1-4H3. The molecule has 2 aromatic rings. The van der Waals surface area contributed by atoms with Crippen LogP contribution in [0.4, 0.5) is 0 Å². The largest absolute Gasteiger partial charge is 0.497 e. The van der Waals surface area contributed by atoms with E-state index < -0.39 is 0 Å². The Labute approximate surface area is 120 Å². The third-order valence-electron chi connectivity index (χ3n) is 3.34. The molecule has 1 N–H and O–H groups in total. The molecule has 0 amide bonds. The highest BCUT2D eigenvalue weighted by Gasteiger charge is 2.15. The van der Waals surface area contributed by atoms with E-state index in [1.54, 1.807) is 7.11 Å². The van der Waals surface area contributed by atoms with Gasteiger partial charge >= 0.3 is 0 Å². The van der Waals surface area contributed by atoms with Crippen LogP contribution in [0.1, 0.15) is 37.7 Å². The van der Waals surface area contributed by atoms with Crippen molar-refractivity contribution in [3.8, 4) is 11.4 Å². The van der Waals surface area contributed by atoms with Crippen LogP contribution in [0.25, 0.3) is 5.69 Å². The Morgan fingerprint density at radius 3 is 2.90 bits per heavy atom. The molecule has 0 fully saturated rings. The van der Waals surface area contributed by atoms with Gasteiger partial charge in [-0.2, -0.15) is 0 Å². The Morgan fingerprint density at radius 1 is 1.40 bits per heavy atom. The predicted molar refractivity (Wildman–Crippen MR) is 79.4 cm³/mol. The lowest BCUT2D eigenvalue weighted by Gasteiger charge is -2.11. The van der Waals surface area contributed by atoms with E-state index in [4.69, 9.17) is 4.74 Å². The third-order valence-corrected chi connectivity index (χ3v) is 3.34. The van der Waals surface area contributed by atoms with Crippen LogP contribution in [-0.4, -0.2) is 28.6 Å². The van der Waals surface area contributed by atoms with Gasteiger partial charge in [0, 0.05) is 6.07 Å². The number of ether oxygens (including phenoxy) is 1. The van der Waals surface area contributed by atoms with Gasteiger partial charge in [0.2, 0.25) is 0 Å². The Kier molecular flexibility index (Phi) is 4.74. The van der Waals surface area contributed by atoms with Gasteiger partial charge in [-0.15, -0.1) is 5.10 Å². The first-order valence-corrected chi connectivity index (χ1v) is 6.97. The summed E-state index contributed by atoms with van der Waals surface area (Å²) in [5.74, 6) is 0.816. The van der Waals surface area contributed by atoms with Crippen molar-refractivity contribution < 1.29 is 4.74 Å². The molecule has 1 aromatic heterocycles. The Morgan fingerprint density at radius 2 is 2.20 bits per heavy atom. The quantitative estimate of drug-likeness (QED) is 0.880. The summed E-state index contributed by atoms with van der Waals surface area (Å²) >= 11 is 0. The molecular weight excluding hydrogens is 252 g/mol. The van der Waals surface area contributed by atoms with Crippen molar-refractivity contribution in [2.75, 3.05) is 13.7 Å². The summed E-state index contributed by atoms with van der Waals surface area (Å²) in [6.07, 6.45) is 1.10. The Hall–Kier alpha value is -1.88. The molecule has 0 aliphatic carbocycles. The van der Waals surface area contributed by atoms with Gasteiger partial charge in [-0.3, -0.25) is 0 Å². The Balaban J connectivity index is 2.27. The number of rotatable bonds is 6. The summed E-state index contributed by atoms with van der Waals surface area (Å²) in [5, 5.41) is 12.0. The highest BCUT2D eigenvalue weighted by atomic mass is 16.5. The van der Waals surface area contributed by atoms with Gasteiger partial charge in [-0.1, -0.05) is 18.2 Å². The number of aromatic nitrogens is 3. The number of nitrogens with one attached hydrogen (secondary N) is 1. The molecule has 20 heavy (non-hydrogen) atoms.